The third-order valence-corrected chi connectivity index (χ3v) is 2.85. The van der Waals surface area contributed by atoms with Crippen molar-refractivity contribution in [1.29, 1.82) is 0 Å². The molecule has 4 heteroatoms. The highest BCUT2D eigenvalue weighted by molar-refractivity contribution is 7.98. The minimum Gasteiger partial charge on any atom is -0.354 e. The standard InChI is InChI=1S/C12H18N2OS/c1-16-8-7-14-12(15)11(13)9-10-5-3-2-4-6-10/h2-6,11H,7-9,13H2,1H3,(H,14,15)/t11-/m1/s1. The van der Waals surface area contributed by atoms with Gasteiger partial charge in [0.2, 0.25) is 5.91 Å². The van der Waals surface area contributed by atoms with Gasteiger partial charge in [-0.15, -0.1) is 0 Å². The summed E-state index contributed by atoms with van der Waals surface area (Å²) in [5.74, 6) is 0.849. The van der Waals surface area contributed by atoms with Gasteiger partial charge in [0.1, 0.15) is 0 Å². The lowest BCUT2D eigenvalue weighted by molar-refractivity contribution is -0.122. The van der Waals surface area contributed by atoms with Gasteiger partial charge in [-0.3, -0.25) is 4.79 Å². The molecule has 1 aromatic rings. The van der Waals surface area contributed by atoms with Gasteiger partial charge >= 0.3 is 0 Å². The van der Waals surface area contributed by atoms with Crippen LogP contribution in [0.5, 0.6) is 0 Å². The number of hydrogen-bond acceptors (Lipinski definition) is 3. The Balaban J connectivity index is 2.34. The molecule has 0 unspecified atom stereocenters. The van der Waals surface area contributed by atoms with Crippen LogP contribution in [0.3, 0.4) is 0 Å². The molecule has 1 aromatic carbocycles. The van der Waals surface area contributed by atoms with E-state index in [-0.39, 0.29) is 5.91 Å². The van der Waals surface area contributed by atoms with E-state index in [9.17, 15) is 4.79 Å². The van der Waals surface area contributed by atoms with E-state index in [1.807, 2.05) is 36.6 Å². The van der Waals surface area contributed by atoms with Crippen LogP contribution in [-0.2, 0) is 11.2 Å². The maximum absolute atomic E-state index is 11.6. The molecule has 88 valence electrons. The van der Waals surface area contributed by atoms with Crippen molar-refractivity contribution >= 4 is 17.7 Å². The number of nitrogens with two attached hydrogens (primary N) is 1. The third kappa shape index (κ3) is 4.68. The Labute approximate surface area is 101 Å². The number of thioether (sulfide) groups is 1. The van der Waals surface area contributed by atoms with E-state index < -0.39 is 6.04 Å². The number of amides is 1. The summed E-state index contributed by atoms with van der Waals surface area (Å²) in [7, 11) is 0. The van der Waals surface area contributed by atoms with E-state index in [1.165, 1.54) is 0 Å². The first kappa shape index (κ1) is 13.1. The molecule has 16 heavy (non-hydrogen) atoms. The van der Waals surface area contributed by atoms with Gasteiger partial charge in [-0.25, -0.2) is 0 Å². The first-order valence-corrected chi connectivity index (χ1v) is 6.69. The first-order chi connectivity index (χ1) is 7.74. The fourth-order valence-electron chi connectivity index (χ4n) is 1.37. The predicted molar refractivity (Wildman–Crippen MR) is 69.5 cm³/mol. The lowest BCUT2D eigenvalue weighted by Gasteiger charge is -2.11. The zero-order chi connectivity index (χ0) is 11.8. The smallest absolute Gasteiger partial charge is 0.237 e. The maximum atomic E-state index is 11.6. The van der Waals surface area contributed by atoms with Crippen LogP contribution in [0.2, 0.25) is 0 Å². The fourth-order valence-corrected chi connectivity index (χ4v) is 1.67. The zero-order valence-electron chi connectivity index (χ0n) is 9.48. The van der Waals surface area contributed by atoms with Crippen LogP contribution >= 0.6 is 11.8 Å². The van der Waals surface area contributed by atoms with Crippen molar-refractivity contribution in [3.63, 3.8) is 0 Å². The summed E-state index contributed by atoms with van der Waals surface area (Å²) in [6, 6.07) is 9.36. The van der Waals surface area contributed by atoms with Gasteiger partial charge < -0.3 is 11.1 Å². The predicted octanol–water partition coefficient (Wildman–Crippen LogP) is 1.04. The van der Waals surface area contributed by atoms with Crippen LogP contribution < -0.4 is 11.1 Å². The van der Waals surface area contributed by atoms with Gasteiger partial charge in [0.05, 0.1) is 6.04 Å². The van der Waals surface area contributed by atoms with Gasteiger partial charge in [-0.05, 0) is 18.2 Å². The molecular weight excluding hydrogens is 220 g/mol. The highest BCUT2D eigenvalue weighted by Gasteiger charge is 2.12. The SMILES string of the molecule is CSCCNC(=O)[C@H](N)Cc1ccccc1. The Morgan fingerprint density at radius 2 is 2.12 bits per heavy atom. The Hall–Kier alpha value is -1.00. The second-order valence-electron chi connectivity index (χ2n) is 3.58. The van der Waals surface area contributed by atoms with Gasteiger partial charge in [0, 0.05) is 12.3 Å². The number of carbonyl (C=O) groups excluding carboxylic acids is 1. The molecule has 0 aromatic heterocycles. The Morgan fingerprint density at radius 3 is 2.75 bits per heavy atom. The van der Waals surface area contributed by atoms with Crippen molar-refractivity contribution < 1.29 is 4.79 Å². The average molecular weight is 238 g/mol. The topological polar surface area (TPSA) is 55.1 Å². The minimum atomic E-state index is -0.454. The monoisotopic (exact) mass is 238 g/mol. The van der Waals surface area contributed by atoms with Crippen LogP contribution in [0.25, 0.3) is 0 Å². The lowest BCUT2D eigenvalue weighted by atomic mass is 10.1. The minimum absolute atomic E-state index is 0.0714. The molecule has 0 spiro atoms. The summed E-state index contributed by atoms with van der Waals surface area (Å²) in [5.41, 5.74) is 6.91. The van der Waals surface area contributed by atoms with Gasteiger partial charge in [0.25, 0.3) is 0 Å². The third-order valence-electron chi connectivity index (χ3n) is 2.24. The fraction of sp³-hybridized carbons (Fsp3) is 0.417. The van der Waals surface area contributed by atoms with Crippen molar-refractivity contribution in [2.24, 2.45) is 5.73 Å². The molecule has 0 radical (unpaired) electrons. The molecule has 0 fully saturated rings. The molecule has 1 amide bonds. The van der Waals surface area contributed by atoms with Crippen LogP contribution in [0.4, 0.5) is 0 Å². The summed E-state index contributed by atoms with van der Waals surface area (Å²) in [6.45, 7) is 0.683. The molecule has 0 bridgehead atoms. The molecule has 1 rings (SSSR count). The molecule has 0 aliphatic heterocycles. The van der Waals surface area contributed by atoms with E-state index in [2.05, 4.69) is 5.32 Å². The molecule has 3 nitrogen and oxygen atoms in total. The zero-order valence-corrected chi connectivity index (χ0v) is 10.3. The lowest BCUT2D eigenvalue weighted by Crippen LogP contribution is -2.42. The summed E-state index contributed by atoms with van der Waals surface area (Å²) in [4.78, 5) is 11.6. The van der Waals surface area contributed by atoms with Crippen LogP contribution in [0, 0.1) is 0 Å². The maximum Gasteiger partial charge on any atom is 0.237 e. The summed E-state index contributed by atoms with van der Waals surface area (Å²) < 4.78 is 0. The quantitative estimate of drug-likeness (QED) is 0.728. The van der Waals surface area contributed by atoms with Crippen LogP contribution in [0.15, 0.2) is 30.3 Å². The normalized spacial score (nSPS) is 12.1. The van der Waals surface area contributed by atoms with Gasteiger partial charge in [-0.1, -0.05) is 30.3 Å². The van der Waals surface area contributed by atoms with Crippen LogP contribution in [0.1, 0.15) is 5.56 Å². The first-order valence-electron chi connectivity index (χ1n) is 5.30. The highest BCUT2D eigenvalue weighted by Crippen LogP contribution is 2.01. The van der Waals surface area contributed by atoms with Crippen molar-refractivity contribution in [3.05, 3.63) is 35.9 Å². The Morgan fingerprint density at radius 1 is 1.44 bits per heavy atom. The molecule has 0 aliphatic carbocycles. The molecular formula is C12H18N2OS. The van der Waals surface area contributed by atoms with Crippen molar-refractivity contribution in [2.75, 3.05) is 18.6 Å². The van der Waals surface area contributed by atoms with E-state index in [0.29, 0.717) is 13.0 Å². The summed E-state index contributed by atoms with van der Waals surface area (Å²) in [6.07, 6.45) is 2.60. The van der Waals surface area contributed by atoms with Gasteiger partial charge in [-0.2, -0.15) is 11.8 Å². The average Bonchev–Trinajstić information content (AvgIpc) is 2.30. The Kier molecular flexibility index (Phi) is 5.96. The Bertz CT molecular complexity index is 316. The molecule has 0 saturated carbocycles. The highest BCUT2D eigenvalue weighted by atomic mass is 32.2. The summed E-state index contributed by atoms with van der Waals surface area (Å²) >= 11 is 1.70. The second kappa shape index (κ2) is 7.30. The molecule has 0 saturated heterocycles. The largest absolute Gasteiger partial charge is 0.354 e. The van der Waals surface area contributed by atoms with Gasteiger partial charge in [0.15, 0.2) is 0 Å². The van der Waals surface area contributed by atoms with E-state index in [1.54, 1.807) is 11.8 Å². The van der Waals surface area contributed by atoms with Crippen molar-refractivity contribution in [3.8, 4) is 0 Å². The van der Waals surface area contributed by atoms with E-state index >= 15 is 0 Å². The molecule has 1 atom stereocenters. The number of rotatable bonds is 6. The van der Waals surface area contributed by atoms with Crippen molar-refractivity contribution in [2.45, 2.75) is 12.5 Å². The number of carbonyl (C=O) groups is 1. The number of nitrogens with one attached hydrogen (secondary N) is 1. The van der Waals surface area contributed by atoms with Crippen molar-refractivity contribution in [1.82, 2.24) is 5.32 Å². The van der Waals surface area contributed by atoms with E-state index in [4.69, 9.17) is 5.73 Å². The number of hydrogen-bond donors (Lipinski definition) is 2. The molecule has 0 aliphatic rings. The summed E-state index contributed by atoms with van der Waals surface area (Å²) in [5, 5.41) is 2.82. The van der Waals surface area contributed by atoms with E-state index in [0.717, 1.165) is 11.3 Å². The number of benzene rings is 1. The molecule has 0 heterocycles. The van der Waals surface area contributed by atoms with Crippen LogP contribution in [-0.4, -0.2) is 30.5 Å². The molecule has 3 N–H and O–H groups in total. The second-order valence-corrected chi connectivity index (χ2v) is 4.57.